The van der Waals surface area contributed by atoms with Gasteiger partial charge in [-0.1, -0.05) is 85.3 Å². The van der Waals surface area contributed by atoms with Crippen LogP contribution in [0.15, 0.2) is 37.0 Å². The topological polar surface area (TPSA) is 18.5 Å². The maximum atomic E-state index is 6.08. The SMILES string of the molecule is C=CC[C@H](/C=C\C/C=C/CB(OC)OC(C)(C)C(C)C)C(C)(C)CC.CC. The molecular weight excluding hydrogens is 331 g/mol. The Balaban J connectivity index is 0. The molecule has 0 aromatic carbocycles. The molecule has 158 valence electrons. The van der Waals surface area contributed by atoms with Crippen molar-refractivity contribution >= 4 is 7.12 Å². The van der Waals surface area contributed by atoms with E-state index in [0.29, 0.717) is 17.3 Å². The molecule has 0 radical (unpaired) electrons. The van der Waals surface area contributed by atoms with Crippen molar-refractivity contribution in [1.29, 1.82) is 0 Å². The minimum atomic E-state index is -0.190. The van der Waals surface area contributed by atoms with Gasteiger partial charge in [-0.2, -0.15) is 0 Å². The normalized spacial score (nSPS) is 13.7. The second-order valence-corrected chi connectivity index (χ2v) is 8.39. The summed E-state index contributed by atoms with van der Waals surface area (Å²) in [5.41, 5.74) is 0.129. The largest absolute Gasteiger partial charge is 0.461 e. The Morgan fingerprint density at radius 1 is 1.04 bits per heavy atom. The molecule has 27 heavy (non-hydrogen) atoms. The minimum absolute atomic E-state index is 0.182. The predicted molar refractivity (Wildman–Crippen MR) is 124 cm³/mol. The van der Waals surface area contributed by atoms with Gasteiger partial charge >= 0.3 is 7.12 Å². The maximum absolute atomic E-state index is 6.08. The molecule has 0 bridgehead atoms. The molecule has 0 fully saturated rings. The summed E-state index contributed by atoms with van der Waals surface area (Å²) in [5, 5.41) is 0. The fraction of sp³-hybridized carbons (Fsp3) is 0.750. The van der Waals surface area contributed by atoms with E-state index in [1.807, 2.05) is 19.9 Å². The molecule has 0 aromatic rings. The van der Waals surface area contributed by atoms with Crippen molar-refractivity contribution in [1.82, 2.24) is 0 Å². The summed E-state index contributed by atoms with van der Waals surface area (Å²) in [5.74, 6) is 0.992. The zero-order valence-electron chi connectivity index (χ0n) is 20.0. The van der Waals surface area contributed by atoms with E-state index in [2.05, 4.69) is 79.3 Å². The summed E-state index contributed by atoms with van der Waals surface area (Å²) in [4.78, 5) is 0. The van der Waals surface area contributed by atoms with Gasteiger partial charge in [0.05, 0.1) is 5.60 Å². The molecule has 0 spiro atoms. The lowest BCUT2D eigenvalue weighted by atomic mass is 9.75. The third-order valence-corrected chi connectivity index (χ3v) is 5.56. The van der Waals surface area contributed by atoms with Crippen LogP contribution in [0, 0.1) is 17.3 Å². The number of hydrogen-bond donors (Lipinski definition) is 0. The summed E-state index contributed by atoms with van der Waals surface area (Å²) in [6.07, 6.45) is 14.9. The molecule has 0 aliphatic heterocycles. The van der Waals surface area contributed by atoms with Crippen LogP contribution < -0.4 is 0 Å². The molecular formula is C24H47BO2. The van der Waals surface area contributed by atoms with Crippen molar-refractivity contribution < 1.29 is 9.31 Å². The van der Waals surface area contributed by atoms with Gasteiger partial charge < -0.3 is 9.31 Å². The van der Waals surface area contributed by atoms with Crippen LogP contribution in [0.4, 0.5) is 0 Å². The van der Waals surface area contributed by atoms with Crippen LogP contribution in [0.5, 0.6) is 0 Å². The van der Waals surface area contributed by atoms with E-state index in [0.717, 1.165) is 19.2 Å². The van der Waals surface area contributed by atoms with E-state index in [4.69, 9.17) is 9.31 Å². The van der Waals surface area contributed by atoms with Crippen molar-refractivity contribution in [2.75, 3.05) is 7.11 Å². The number of allylic oxidation sites excluding steroid dienone is 5. The van der Waals surface area contributed by atoms with Crippen LogP contribution in [0.2, 0.25) is 6.32 Å². The molecule has 3 heteroatoms. The second kappa shape index (κ2) is 15.2. The highest BCUT2D eigenvalue weighted by atomic mass is 16.6. The monoisotopic (exact) mass is 378 g/mol. The Morgan fingerprint density at radius 2 is 1.63 bits per heavy atom. The van der Waals surface area contributed by atoms with Gasteiger partial charge in [-0.15, -0.1) is 6.58 Å². The van der Waals surface area contributed by atoms with Crippen molar-refractivity contribution in [2.24, 2.45) is 17.3 Å². The predicted octanol–water partition coefficient (Wildman–Crippen LogP) is 7.73. The fourth-order valence-electron chi connectivity index (χ4n) is 2.39. The maximum Gasteiger partial charge on any atom is 0.461 e. The quantitative estimate of drug-likeness (QED) is 0.241. The molecule has 0 saturated carbocycles. The van der Waals surface area contributed by atoms with Gasteiger partial charge in [-0.05, 0) is 43.9 Å². The van der Waals surface area contributed by atoms with Crippen LogP contribution >= 0.6 is 0 Å². The van der Waals surface area contributed by atoms with Gasteiger partial charge in [0.15, 0.2) is 0 Å². The minimum Gasteiger partial charge on any atom is -0.414 e. The number of rotatable bonds is 13. The van der Waals surface area contributed by atoms with Crippen molar-refractivity contribution in [3.63, 3.8) is 0 Å². The average Bonchev–Trinajstić information content (AvgIpc) is 2.63. The van der Waals surface area contributed by atoms with Crippen LogP contribution in [-0.4, -0.2) is 19.8 Å². The van der Waals surface area contributed by atoms with Crippen LogP contribution in [-0.2, 0) is 9.31 Å². The smallest absolute Gasteiger partial charge is 0.414 e. The summed E-state index contributed by atoms with van der Waals surface area (Å²) in [6.45, 7) is 23.4. The fourth-order valence-corrected chi connectivity index (χ4v) is 2.39. The van der Waals surface area contributed by atoms with Crippen LogP contribution in [0.3, 0.4) is 0 Å². The van der Waals surface area contributed by atoms with Crippen molar-refractivity contribution in [3.8, 4) is 0 Å². The van der Waals surface area contributed by atoms with Gasteiger partial charge in [0.25, 0.3) is 0 Å². The molecule has 1 atom stereocenters. The standard InChI is InChI=1S/C22H41BO2.C2H6/c1-10-16-20(21(5,6)11-2)17-14-12-13-15-18-23(24-9)25-22(7,8)19(3)4;1-2/h10,13-15,17,19-20H,1,11-12,16,18H2,2-9H3;1-2H3/b15-13+,17-14-;/t20-;/m1./s1. The first-order chi connectivity index (χ1) is 12.6. The lowest BCUT2D eigenvalue weighted by Crippen LogP contribution is -2.38. The Hall–Kier alpha value is -0.795. The zero-order chi connectivity index (χ0) is 21.5. The lowest BCUT2D eigenvalue weighted by Gasteiger charge is -2.32. The first-order valence-electron chi connectivity index (χ1n) is 10.7. The van der Waals surface area contributed by atoms with Gasteiger partial charge in [0.2, 0.25) is 0 Å². The summed E-state index contributed by atoms with van der Waals surface area (Å²) in [6, 6.07) is 0. The third kappa shape index (κ3) is 12.3. The molecule has 0 amide bonds. The van der Waals surface area contributed by atoms with E-state index in [9.17, 15) is 0 Å². The van der Waals surface area contributed by atoms with E-state index >= 15 is 0 Å². The molecule has 0 aliphatic rings. The van der Waals surface area contributed by atoms with Crippen molar-refractivity contribution in [3.05, 3.63) is 37.0 Å². The molecule has 0 aliphatic carbocycles. The Labute approximate surface area is 171 Å². The summed E-state index contributed by atoms with van der Waals surface area (Å²) < 4.78 is 11.6. The molecule has 0 unspecified atom stereocenters. The molecule has 0 saturated heterocycles. The molecule has 0 aromatic heterocycles. The van der Waals surface area contributed by atoms with E-state index in [1.165, 1.54) is 6.42 Å². The summed E-state index contributed by atoms with van der Waals surface area (Å²) in [7, 11) is 1.52. The van der Waals surface area contributed by atoms with E-state index < -0.39 is 0 Å². The molecule has 2 nitrogen and oxygen atoms in total. The number of hydrogen-bond acceptors (Lipinski definition) is 2. The zero-order valence-corrected chi connectivity index (χ0v) is 20.0. The van der Waals surface area contributed by atoms with Gasteiger partial charge in [-0.3, -0.25) is 0 Å². The Morgan fingerprint density at radius 3 is 2.07 bits per heavy atom. The first kappa shape index (κ1) is 28.4. The van der Waals surface area contributed by atoms with Crippen LogP contribution in [0.1, 0.15) is 81.6 Å². The molecule has 0 heterocycles. The highest BCUT2D eigenvalue weighted by molar-refractivity contribution is 6.45. The highest BCUT2D eigenvalue weighted by Crippen LogP contribution is 2.34. The van der Waals surface area contributed by atoms with E-state index in [-0.39, 0.29) is 12.7 Å². The van der Waals surface area contributed by atoms with Crippen LogP contribution in [0.25, 0.3) is 0 Å². The van der Waals surface area contributed by atoms with Gasteiger partial charge in [0.1, 0.15) is 0 Å². The van der Waals surface area contributed by atoms with E-state index in [1.54, 1.807) is 7.11 Å². The average molecular weight is 378 g/mol. The van der Waals surface area contributed by atoms with Gasteiger partial charge in [-0.25, -0.2) is 0 Å². The van der Waals surface area contributed by atoms with Crippen molar-refractivity contribution in [2.45, 2.75) is 93.5 Å². The highest BCUT2D eigenvalue weighted by Gasteiger charge is 2.29. The Kier molecular flexibility index (Phi) is 16.0. The van der Waals surface area contributed by atoms with Gasteiger partial charge in [0, 0.05) is 13.4 Å². The lowest BCUT2D eigenvalue weighted by molar-refractivity contribution is 0.0332. The summed E-state index contributed by atoms with van der Waals surface area (Å²) >= 11 is 0. The first-order valence-corrected chi connectivity index (χ1v) is 10.7. The second-order valence-electron chi connectivity index (χ2n) is 8.39. The Bertz CT molecular complexity index is 422. The third-order valence-electron chi connectivity index (χ3n) is 5.56. The molecule has 0 rings (SSSR count). The molecule has 0 N–H and O–H groups in total.